The molecule has 1 saturated heterocycles. The van der Waals surface area contributed by atoms with E-state index in [0.29, 0.717) is 27.7 Å². The number of carbonyl (C=O) groups is 1. The van der Waals surface area contributed by atoms with Crippen LogP contribution in [-0.2, 0) is 71.0 Å². The highest BCUT2D eigenvalue weighted by atomic mass is 17.2. The summed E-state index contributed by atoms with van der Waals surface area (Å²) in [7, 11) is 0. The van der Waals surface area contributed by atoms with Gasteiger partial charge in [0, 0.05) is 110 Å². The van der Waals surface area contributed by atoms with Gasteiger partial charge in [0.15, 0.2) is 28.0 Å². The second kappa shape index (κ2) is 9.58. The Hall–Kier alpha value is -7.98. The highest BCUT2D eigenvalue weighted by Gasteiger charge is 3.04. The molecule has 412 valence electrons. The Morgan fingerprint density at radius 2 is 0.545 bits per heavy atom. The Morgan fingerprint density at radius 1 is 0.273 bits per heavy atom. The zero-order valence-corrected chi connectivity index (χ0v) is 48.9. The molecule has 0 N–H and O–H groups in total. The molecule has 0 amide bonds. The number of epoxide rings is 1. The van der Waals surface area contributed by atoms with Crippen molar-refractivity contribution in [3.05, 3.63) is 66.1 Å². The molecule has 2 heterocycles. The van der Waals surface area contributed by atoms with E-state index in [1.54, 1.807) is 0 Å². The molecule has 22 aromatic rings. The van der Waals surface area contributed by atoms with Gasteiger partial charge in [-0.25, -0.2) is 43.9 Å². The number of benzene rings is 15. The van der Waals surface area contributed by atoms with Crippen LogP contribution in [0.1, 0.15) is 128 Å². The molecule has 8 aliphatic carbocycles. The Bertz CT molecular complexity index is 7600. The van der Waals surface area contributed by atoms with Crippen LogP contribution in [0.4, 0.5) is 0 Å². The second-order valence-electron chi connectivity index (χ2n) is 33.5. The van der Waals surface area contributed by atoms with Crippen LogP contribution in [-0.4, -0.2) is 39.4 Å². The average molecular weight is 1140 g/mol. The summed E-state index contributed by atoms with van der Waals surface area (Å²) in [5, 5.41) is 47.3. The standard InChI is InChI=1S/C76H36O12/c1-67(2,3)81-85-71-55-47-36-27-19-16-15-14-13-17(16)22-31(27)41-42-32(22)23-18(13)24-28-21(14)30-29-20(15)26-25(19)35(36)45-46-37(26)38(29)49-50-40(30)39(28)48-44-34(24)33(23)43-52(42)63(61(71)51(41)47)79-66(78)53(43)54(44)73(87-83-69(7,8)9)59(48)60(50)74(88-84-70(10,11)12)58(49)57(46)72(56(45)55,86-82-68(4,5)6)64-62(71)65(77)76(73)75(64,74)80-76/h1-12H3/t71-,72+,73-,74+,75+,76-/m1/s1. The molecule has 1 fully saturated rings. The fourth-order valence-corrected chi connectivity index (χ4v) is 25.3. The van der Waals surface area contributed by atoms with E-state index in [9.17, 15) is 0 Å². The van der Waals surface area contributed by atoms with Crippen molar-refractivity contribution in [3.63, 3.8) is 0 Å². The van der Waals surface area contributed by atoms with Crippen molar-refractivity contribution in [2.75, 3.05) is 0 Å². The summed E-state index contributed by atoms with van der Waals surface area (Å²) in [4.78, 5) is 97.2. The fraction of sp³-hybridized carbons (Fsp3) is 0.289. The SMILES string of the molecule is CC(C)(C)OO[C@]12C3=C4C(=O)[C@]56O[C@]35[C@]3(OOC(C)(C)C)c5c1c1c7c2c2c8c9c(c%10oc(=O)c%11c%12c%13c%14c(c3c3c5c5c1c1c%15c7c8c7c8c9c9c%10c%11c%10c%13c%11c%13c%14c3c3c5c1c1c(c%157)c5c8c9c%10c%11c5c1c3%13)[C@]%126OOC(C)(C)C)[C@@]42OOC(C)(C)C. The lowest BCUT2D eigenvalue weighted by molar-refractivity contribution is -0.426. The molecule has 21 aromatic carbocycles. The number of ketones is 1. The van der Waals surface area contributed by atoms with Gasteiger partial charge in [-0.15, -0.1) is 0 Å². The van der Waals surface area contributed by atoms with E-state index in [0.717, 1.165) is 120 Å². The first-order valence-corrected chi connectivity index (χ1v) is 31.5. The first-order chi connectivity index (χ1) is 42.1. The number of Topliss-reactive ketones (excluding diaryl/α,β-unsaturated/α-hetero) is 1. The maximum atomic E-state index is 19.1. The molecule has 12 nitrogen and oxygen atoms in total. The van der Waals surface area contributed by atoms with Crippen LogP contribution in [0.2, 0.25) is 0 Å². The lowest BCUT2D eigenvalue weighted by Gasteiger charge is -2.55. The summed E-state index contributed by atoms with van der Waals surface area (Å²) < 4.78 is 16.0. The summed E-state index contributed by atoms with van der Waals surface area (Å²) in [5.74, 6) is -0.391. The molecule has 1 aromatic heterocycles. The number of ether oxygens (including phenoxy) is 1. The molecule has 0 bridgehead atoms. The van der Waals surface area contributed by atoms with Gasteiger partial charge in [0.05, 0.1) is 27.8 Å². The van der Waals surface area contributed by atoms with Gasteiger partial charge >= 0.3 is 5.63 Å². The molecule has 0 radical (unpaired) electrons. The van der Waals surface area contributed by atoms with Gasteiger partial charge in [0.1, 0.15) is 5.58 Å². The number of hydrogen-bond donors (Lipinski definition) is 0. The minimum absolute atomic E-state index is 0.284. The lowest BCUT2D eigenvalue weighted by Crippen LogP contribution is -2.66. The predicted octanol–water partition coefficient (Wildman–Crippen LogP) is 16.8. The van der Waals surface area contributed by atoms with Crippen molar-refractivity contribution in [1.82, 2.24) is 0 Å². The molecule has 0 unspecified atom stereocenters. The van der Waals surface area contributed by atoms with E-state index < -0.39 is 67.4 Å². The van der Waals surface area contributed by atoms with Gasteiger partial charge in [-0.1, -0.05) is 0 Å². The summed E-state index contributed by atoms with van der Waals surface area (Å²) in [6.45, 7) is 24.0. The van der Waals surface area contributed by atoms with E-state index in [2.05, 4.69) is 0 Å². The number of fused-ring (bicyclic) bond motifs is 5. The highest BCUT2D eigenvalue weighted by Crippen LogP contribution is 2.94. The van der Waals surface area contributed by atoms with Crippen molar-refractivity contribution < 1.29 is 53.0 Å². The zero-order valence-electron chi connectivity index (χ0n) is 48.9. The van der Waals surface area contributed by atoms with Crippen LogP contribution < -0.4 is 5.63 Å². The minimum Gasteiger partial charge on any atom is -0.422 e. The number of hydrogen-bond acceptors (Lipinski definition) is 12. The third-order valence-electron chi connectivity index (χ3n) is 25.9. The molecule has 6 atom stereocenters. The first-order valence-electron chi connectivity index (χ1n) is 31.5. The van der Waals surface area contributed by atoms with Crippen LogP contribution in [0.25, 0.3) is 226 Å². The van der Waals surface area contributed by atoms with E-state index >= 15 is 9.59 Å². The Kier molecular flexibility index (Phi) is 4.50. The normalized spacial score (nSPS) is 28.8. The quantitative estimate of drug-likeness (QED) is 0.0358. The smallest absolute Gasteiger partial charge is 0.344 e. The topological polar surface area (TPSA) is 134 Å². The van der Waals surface area contributed by atoms with Gasteiger partial charge in [-0.3, -0.25) is 4.79 Å². The first kappa shape index (κ1) is 41.3. The molecule has 1 aliphatic heterocycles. The molecule has 31 rings (SSSR count). The highest BCUT2D eigenvalue weighted by molar-refractivity contribution is 6.77. The van der Waals surface area contributed by atoms with E-state index in [4.69, 9.17) is 48.3 Å². The number of carbonyl (C=O) groups excluding carboxylic acids is 1. The van der Waals surface area contributed by atoms with E-state index in [-0.39, 0.29) is 5.57 Å². The van der Waals surface area contributed by atoms with Crippen molar-refractivity contribution in [2.24, 2.45) is 0 Å². The third-order valence-corrected chi connectivity index (χ3v) is 25.9. The summed E-state index contributed by atoms with van der Waals surface area (Å²) >= 11 is 0. The minimum atomic E-state index is -2.15. The summed E-state index contributed by atoms with van der Waals surface area (Å²) in [6, 6.07) is 0. The fourth-order valence-electron chi connectivity index (χ4n) is 25.3. The summed E-state index contributed by atoms with van der Waals surface area (Å²) in [5.41, 5.74) is -8.61. The molecule has 0 saturated carbocycles. The van der Waals surface area contributed by atoms with Gasteiger partial charge < -0.3 is 9.15 Å². The van der Waals surface area contributed by atoms with Crippen LogP contribution in [0.15, 0.2) is 20.4 Å². The van der Waals surface area contributed by atoms with E-state index in [1.165, 1.54) is 129 Å². The Morgan fingerprint density at radius 3 is 0.943 bits per heavy atom. The molecular weight excluding hydrogens is 1100 g/mol. The third kappa shape index (κ3) is 2.64. The van der Waals surface area contributed by atoms with Crippen molar-refractivity contribution in [1.29, 1.82) is 0 Å². The van der Waals surface area contributed by atoms with Gasteiger partial charge in [-0.05, 0) is 245 Å². The molecular formula is C76H36O12. The lowest BCUT2D eigenvalue weighted by atomic mass is 9.51. The molecule has 1 spiro atoms. The van der Waals surface area contributed by atoms with Gasteiger partial charge in [0.2, 0.25) is 11.4 Å². The van der Waals surface area contributed by atoms with Crippen LogP contribution in [0.5, 0.6) is 0 Å². The average Bonchev–Trinajstić information content (AvgIpc) is 1.36. The molecule has 12 heteroatoms. The maximum Gasteiger partial charge on any atom is 0.344 e. The monoisotopic (exact) mass is 1140 g/mol. The second-order valence-corrected chi connectivity index (χ2v) is 33.5. The van der Waals surface area contributed by atoms with Gasteiger partial charge in [0.25, 0.3) is 0 Å². The maximum absolute atomic E-state index is 19.1. The van der Waals surface area contributed by atoms with Crippen molar-refractivity contribution >= 4 is 232 Å². The van der Waals surface area contributed by atoms with Crippen molar-refractivity contribution in [3.8, 4) is 0 Å². The molecule has 88 heavy (non-hydrogen) atoms. The van der Waals surface area contributed by atoms with E-state index in [1.807, 2.05) is 83.1 Å². The predicted molar refractivity (Wildman–Crippen MR) is 335 cm³/mol. The van der Waals surface area contributed by atoms with Crippen LogP contribution in [0.3, 0.4) is 0 Å². The Labute approximate surface area is 488 Å². The van der Waals surface area contributed by atoms with Gasteiger partial charge in [-0.2, -0.15) is 0 Å². The molecule has 9 aliphatic rings. The number of rotatable bonds is 8. The van der Waals surface area contributed by atoms with Crippen LogP contribution >= 0.6 is 0 Å². The summed E-state index contributed by atoms with van der Waals surface area (Å²) in [6.07, 6.45) is 0. The van der Waals surface area contributed by atoms with Crippen molar-refractivity contribution in [2.45, 2.75) is 139 Å². The Balaban J connectivity index is 1.07. The zero-order chi connectivity index (χ0) is 57.2. The largest absolute Gasteiger partial charge is 0.422 e. The van der Waals surface area contributed by atoms with Crippen LogP contribution in [0, 0.1) is 0 Å².